The summed E-state index contributed by atoms with van der Waals surface area (Å²) in [4.78, 5) is 2.27. The van der Waals surface area contributed by atoms with Gasteiger partial charge in [-0.25, -0.2) is 0 Å². The molecule has 84 valence electrons. The molecule has 1 aromatic carbocycles. The molecule has 0 atom stereocenters. The summed E-state index contributed by atoms with van der Waals surface area (Å²) in [5.41, 5.74) is 8.58. The van der Waals surface area contributed by atoms with Gasteiger partial charge < -0.3 is 10.6 Å². The molecule has 0 amide bonds. The van der Waals surface area contributed by atoms with E-state index in [1.54, 1.807) is 0 Å². The van der Waals surface area contributed by atoms with Gasteiger partial charge in [-0.2, -0.15) is 0 Å². The summed E-state index contributed by atoms with van der Waals surface area (Å²) >= 11 is 0. The van der Waals surface area contributed by atoms with E-state index in [4.69, 9.17) is 5.73 Å². The van der Waals surface area contributed by atoms with Crippen LogP contribution in [-0.4, -0.2) is 24.0 Å². The molecule has 0 bridgehead atoms. The van der Waals surface area contributed by atoms with Crippen LogP contribution in [-0.2, 0) is 6.54 Å². The molecule has 2 N–H and O–H groups in total. The maximum absolute atomic E-state index is 5.99. The minimum atomic E-state index is -0.128. The number of hydrogen-bond donors (Lipinski definition) is 1. The fourth-order valence-electron chi connectivity index (χ4n) is 1.83. The second-order valence-electron chi connectivity index (χ2n) is 5.09. The first-order valence-electron chi connectivity index (χ1n) is 5.40. The highest BCUT2D eigenvalue weighted by atomic mass is 15.1. The Labute approximate surface area is 93.1 Å². The summed E-state index contributed by atoms with van der Waals surface area (Å²) in [7, 11) is 2.11. The van der Waals surface area contributed by atoms with Crippen molar-refractivity contribution in [2.24, 2.45) is 5.73 Å². The molecular formula is C13H22N2. The largest absolute Gasteiger partial charge is 0.324 e. The van der Waals surface area contributed by atoms with Gasteiger partial charge in [0.05, 0.1) is 0 Å². The summed E-state index contributed by atoms with van der Waals surface area (Å²) in [6.07, 6.45) is 0. The lowest BCUT2D eigenvalue weighted by Crippen LogP contribution is -2.43. The molecule has 1 rings (SSSR count). The lowest BCUT2D eigenvalue weighted by atomic mass is 10.1. The topological polar surface area (TPSA) is 29.3 Å². The average Bonchev–Trinajstić information content (AvgIpc) is 2.05. The Kier molecular flexibility index (Phi) is 3.89. The third-order valence-corrected chi connectivity index (χ3v) is 2.38. The highest BCUT2D eigenvalue weighted by Gasteiger charge is 2.14. The molecule has 0 aliphatic heterocycles. The lowest BCUT2D eigenvalue weighted by molar-refractivity contribution is 0.263. The first-order chi connectivity index (χ1) is 6.88. The van der Waals surface area contributed by atoms with Gasteiger partial charge in [0, 0.05) is 18.6 Å². The SMILES string of the molecule is Cc1ccccc1CN(C)CC(C)(C)N. The molecule has 0 aromatic heterocycles. The van der Waals surface area contributed by atoms with E-state index >= 15 is 0 Å². The zero-order valence-electron chi connectivity index (χ0n) is 10.2. The fourth-order valence-corrected chi connectivity index (χ4v) is 1.83. The zero-order chi connectivity index (χ0) is 11.5. The van der Waals surface area contributed by atoms with Gasteiger partial charge in [0.15, 0.2) is 0 Å². The van der Waals surface area contributed by atoms with Crippen molar-refractivity contribution in [3.8, 4) is 0 Å². The van der Waals surface area contributed by atoms with E-state index < -0.39 is 0 Å². The molecule has 15 heavy (non-hydrogen) atoms. The molecule has 1 aromatic rings. The Morgan fingerprint density at radius 1 is 1.27 bits per heavy atom. The van der Waals surface area contributed by atoms with Crippen LogP contribution in [0.5, 0.6) is 0 Å². The molecule has 0 aliphatic carbocycles. The average molecular weight is 206 g/mol. The normalized spacial score (nSPS) is 12.1. The predicted molar refractivity (Wildman–Crippen MR) is 65.8 cm³/mol. The van der Waals surface area contributed by atoms with Crippen molar-refractivity contribution >= 4 is 0 Å². The minimum absolute atomic E-state index is 0.128. The van der Waals surface area contributed by atoms with Crippen LogP contribution in [0.4, 0.5) is 0 Å². The maximum atomic E-state index is 5.99. The van der Waals surface area contributed by atoms with Crippen LogP contribution in [0.3, 0.4) is 0 Å². The van der Waals surface area contributed by atoms with E-state index in [9.17, 15) is 0 Å². The Balaban J connectivity index is 2.59. The third-order valence-electron chi connectivity index (χ3n) is 2.38. The van der Waals surface area contributed by atoms with Gasteiger partial charge in [-0.1, -0.05) is 24.3 Å². The van der Waals surface area contributed by atoms with E-state index in [-0.39, 0.29) is 5.54 Å². The summed E-state index contributed by atoms with van der Waals surface area (Å²) in [6, 6.07) is 8.49. The smallest absolute Gasteiger partial charge is 0.0234 e. The summed E-state index contributed by atoms with van der Waals surface area (Å²) in [5, 5.41) is 0. The summed E-state index contributed by atoms with van der Waals surface area (Å²) in [5.74, 6) is 0. The van der Waals surface area contributed by atoms with E-state index in [0.717, 1.165) is 13.1 Å². The van der Waals surface area contributed by atoms with Crippen molar-refractivity contribution in [3.05, 3.63) is 35.4 Å². The highest BCUT2D eigenvalue weighted by molar-refractivity contribution is 5.25. The van der Waals surface area contributed by atoms with Gasteiger partial charge in [-0.05, 0) is 38.9 Å². The van der Waals surface area contributed by atoms with E-state index in [1.165, 1.54) is 11.1 Å². The molecule has 0 heterocycles. The minimum Gasteiger partial charge on any atom is -0.324 e. The standard InChI is InChI=1S/C13H22N2/c1-11-7-5-6-8-12(11)9-15(4)10-13(2,3)14/h5-8H,9-10,14H2,1-4H3. The van der Waals surface area contributed by atoms with Gasteiger partial charge in [0.1, 0.15) is 0 Å². The molecule has 0 saturated heterocycles. The quantitative estimate of drug-likeness (QED) is 0.818. The van der Waals surface area contributed by atoms with E-state index in [2.05, 4.69) is 57.0 Å². The lowest BCUT2D eigenvalue weighted by Gasteiger charge is -2.26. The Hall–Kier alpha value is -0.860. The second-order valence-corrected chi connectivity index (χ2v) is 5.09. The summed E-state index contributed by atoms with van der Waals surface area (Å²) in [6.45, 7) is 8.13. The van der Waals surface area contributed by atoms with Crippen molar-refractivity contribution in [2.45, 2.75) is 32.9 Å². The molecule has 0 unspecified atom stereocenters. The number of aryl methyl sites for hydroxylation is 1. The van der Waals surface area contributed by atoms with Crippen LogP contribution in [0.25, 0.3) is 0 Å². The monoisotopic (exact) mass is 206 g/mol. The molecule has 2 heteroatoms. The van der Waals surface area contributed by atoms with Crippen LogP contribution >= 0.6 is 0 Å². The van der Waals surface area contributed by atoms with Gasteiger partial charge in [-0.15, -0.1) is 0 Å². The van der Waals surface area contributed by atoms with Crippen LogP contribution in [0.2, 0.25) is 0 Å². The second kappa shape index (κ2) is 4.77. The van der Waals surface area contributed by atoms with Gasteiger partial charge in [0.2, 0.25) is 0 Å². The van der Waals surface area contributed by atoms with Crippen LogP contribution in [0, 0.1) is 6.92 Å². The molecule has 0 saturated carbocycles. The predicted octanol–water partition coefficient (Wildman–Crippen LogP) is 2.16. The Morgan fingerprint density at radius 2 is 1.87 bits per heavy atom. The number of nitrogens with two attached hydrogens (primary N) is 1. The Morgan fingerprint density at radius 3 is 2.40 bits per heavy atom. The van der Waals surface area contributed by atoms with Crippen LogP contribution in [0.15, 0.2) is 24.3 Å². The van der Waals surface area contributed by atoms with Gasteiger partial charge >= 0.3 is 0 Å². The number of hydrogen-bond acceptors (Lipinski definition) is 2. The number of likely N-dealkylation sites (N-methyl/N-ethyl adjacent to an activating group) is 1. The van der Waals surface area contributed by atoms with Crippen molar-refractivity contribution in [3.63, 3.8) is 0 Å². The number of benzene rings is 1. The zero-order valence-corrected chi connectivity index (χ0v) is 10.2. The van der Waals surface area contributed by atoms with Gasteiger partial charge in [-0.3, -0.25) is 0 Å². The van der Waals surface area contributed by atoms with Crippen LogP contribution in [0.1, 0.15) is 25.0 Å². The van der Waals surface area contributed by atoms with Crippen molar-refractivity contribution in [2.75, 3.05) is 13.6 Å². The molecule has 0 aliphatic rings. The first kappa shape index (κ1) is 12.2. The first-order valence-corrected chi connectivity index (χ1v) is 5.40. The van der Waals surface area contributed by atoms with Crippen molar-refractivity contribution in [1.82, 2.24) is 4.90 Å². The van der Waals surface area contributed by atoms with Crippen molar-refractivity contribution in [1.29, 1.82) is 0 Å². The maximum Gasteiger partial charge on any atom is 0.0234 e. The fraction of sp³-hybridized carbons (Fsp3) is 0.538. The van der Waals surface area contributed by atoms with Gasteiger partial charge in [0.25, 0.3) is 0 Å². The number of rotatable bonds is 4. The van der Waals surface area contributed by atoms with Crippen molar-refractivity contribution < 1.29 is 0 Å². The Bertz CT molecular complexity index is 313. The van der Waals surface area contributed by atoms with E-state index in [1.807, 2.05) is 0 Å². The number of nitrogens with zero attached hydrogens (tertiary/aromatic N) is 1. The molecule has 0 fully saturated rings. The molecular weight excluding hydrogens is 184 g/mol. The molecule has 2 nitrogen and oxygen atoms in total. The van der Waals surface area contributed by atoms with E-state index in [0.29, 0.717) is 0 Å². The third kappa shape index (κ3) is 4.45. The molecule has 0 radical (unpaired) electrons. The summed E-state index contributed by atoms with van der Waals surface area (Å²) < 4.78 is 0. The van der Waals surface area contributed by atoms with Crippen LogP contribution < -0.4 is 5.73 Å². The molecule has 0 spiro atoms. The highest BCUT2D eigenvalue weighted by Crippen LogP contribution is 2.10.